The molecule has 0 radical (unpaired) electrons. The first-order valence-electron chi connectivity index (χ1n) is 7.88. The minimum Gasteiger partial charge on any atom is -0.489 e. The Balaban J connectivity index is 1.62. The third-order valence-electron chi connectivity index (χ3n) is 3.30. The summed E-state index contributed by atoms with van der Waals surface area (Å²) in [5, 5.41) is 6.24. The highest BCUT2D eigenvalue weighted by Crippen LogP contribution is 2.15. The van der Waals surface area contributed by atoms with Crippen molar-refractivity contribution >= 4 is 29.4 Å². The molecule has 0 saturated carbocycles. The van der Waals surface area contributed by atoms with Gasteiger partial charge >= 0.3 is 0 Å². The number of aryl methyl sites for hydroxylation is 1. The minimum absolute atomic E-state index is 0.122. The van der Waals surface area contributed by atoms with Crippen LogP contribution in [0.25, 0.3) is 0 Å². The third-order valence-corrected chi connectivity index (χ3v) is 4.22. The van der Waals surface area contributed by atoms with Crippen LogP contribution in [-0.4, -0.2) is 53.6 Å². The average Bonchev–Trinajstić information content (AvgIpc) is 3.01. The van der Waals surface area contributed by atoms with E-state index in [-0.39, 0.29) is 35.7 Å². The predicted octanol–water partition coefficient (Wildman–Crippen LogP) is 2.33. The summed E-state index contributed by atoms with van der Waals surface area (Å²) in [6, 6.07) is 7.70. The highest BCUT2D eigenvalue weighted by atomic mass is 32.2. The van der Waals surface area contributed by atoms with Crippen LogP contribution in [0.4, 0.5) is 10.2 Å². The first kappa shape index (κ1) is 19.8. The summed E-state index contributed by atoms with van der Waals surface area (Å²) in [5.41, 5.74) is 0. The maximum Gasteiger partial charge on any atom is 0.235 e. The second kappa shape index (κ2) is 9.81. The number of carbonyl (C=O) groups is 2. The van der Waals surface area contributed by atoms with Gasteiger partial charge in [0.25, 0.3) is 0 Å². The van der Waals surface area contributed by atoms with Crippen molar-refractivity contribution in [2.24, 2.45) is 0 Å². The Kier molecular flexibility index (Phi) is 7.46. The van der Waals surface area contributed by atoms with Crippen molar-refractivity contribution in [2.45, 2.75) is 6.92 Å². The summed E-state index contributed by atoms with van der Waals surface area (Å²) in [5.74, 6) is 0.537. The number of rotatable bonds is 9. The van der Waals surface area contributed by atoms with Crippen LogP contribution in [0.3, 0.4) is 0 Å². The van der Waals surface area contributed by atoms with Gasteiger partial charge in [-0.25, -0.2) is 4.39 Å². The van der Waals surface area contributed by atoms with Crippen molar-refractivity contribution in [3.8, 4) is 5.75 Å². The standard InChI is InChI=1S/C17H20FN3O4S/c1-12-9-15(20-25-12)19-16(22)10-26-11-17(23)21(2)7-8-24-14-6-4-3-5-13(14)18/h3-6,9H,7-8,10-11H2,1-2H3,(H,19,20,22). The molecule has 0 saturated heterocycles. The molecule has 1 aromatic heterocycles. The van der Waals surface area contributed by atoms with E-state index in [2.05, 4.69) is 10.5 Å². The van der Waals surface area contributed by atoms with Crippen molar-refractivity contribution in [1.29, 1.82) is 0 Å². The molecular weight excluding hydrogens is 361 g/mol. The number of nitrogens with one attached hydrogen (secondary N) is 1. The summed E-state index contributed by atoms with van der Waals surface area (Å²) in [6.07, 6.45) is 0. The lowest BCUT2D eigenvalue weighted by atomic mass is 10.3. The quantitative estimate of drug-likeness (QED) is 0.718. The molecule has 1 heterocycles. The zero-order valence-corrected chi connectivity index (χ0v) is 15.3. The van der Waals surface area contributed by atoms with Crippen LogP contribution in [-0.2, 0) is 9.59 Å². The number of benzene rings is 1. The van der Waals surface area contributed by atoms with Gasteiger partial charge in [-0.2, -0.15) is 0 Å². The SMILES string of the molecule is Cc1cc(NC(=O)CSCC(=O)N(C)CCOc2ccccc2F)no1. The summed E-state index contributed by atoms with van der Waals surface area (Å²) in [7, 11) is 1.63. The molecule has 2 rings (SSSR count). The van der Waals surface area contributed by atoms with Crippen molar-refractivity contribution in [2.75, 3.05) is 37.0 Å². The number of ether oxygens (including phenoxy) is 1. The van der Waals surface area contributed by atoms with Crippen molar-refractivity contribution in [3.63, 3.8) is 0 Å². The molecule has 140 valence electrons. The molecule has 7 nitrogen and oxygen atoms in total. The molecule has 0 bridgehead atoms. The molecule has 0 unspecified atom stereocenters. The lowest BCUT2D eigenvalue weighted by molar-refractivity contribution is -0.127. The second-order valence-electron chi connectivity index (χ2n) is 5.46. The largest absolute Gasteiger partial charge is 0.489 e. The van der Waals surface area contributed by atoms with Gasteiger partial charge in [-0.1, -0.05) is 17.3 Å². The summed E-state index contributed by atoms with van der Waals surface area (Å²) in [6.45, 7) is 2.22. The van der Waals surface area contributed by atoms with E-state index in [9.17, 15) is 14.0 Å². The predicted molar refractivity (Wildman–Crippen MR) is 96.7 cm³/mol. The lowest BCUT2D eigenvalue weighted by Gasteiger charge is -2.17. The summed E-state index contributed by atoms with van der Waals surface area (Å²) < 4.78 is 23.6. The Morgan fingerprint density at radius 2 is 2.12 bits per heavy atom. The molecule has 26 heavy (non-hydrogen) atoms. The van der Waals surface area contributed by atoms with Crippen LogP contribution in [0.15, 0.2) is 34.9 Å². The molecule has 2 aromatic rings. The monoisotopic (exact) mass is 381 g/mol. The van der Waals surface area contributed by atoms with Crippen molar-refractivity contribution in [1.82, 2.24) is 10.1 Å². The number of carbonyl (C=O) groups excluding carboxylic acids is 2. The fraction of sp³-hybridized carbons (Fsp3) is 0.353. The van der Waals surface area contributed by atoms with E-state index >= 15 is 0 Å². The van der Waals surface area contributed by atoms with Crippen LogP contribution in [0.1, 0.15) is 5.76 Å². The van der Waals surface area contributed by atoms with E-state index in [0.717, 1.165) is 0 Å². The zero-order valence-electron chi connectivity index (χ0n) is 14.5. The molecule has 1 N–H and O–H groups in total. The Labute approximate surface area is 154 Å². The molecular formula is C17H20FN3O4S. The minimum atomic E-state index is -0.439. The summed E-state index contributed by atoms with van der Waals surface area (Å²) >= 11 is 1.19. The highest BCUT2D eigenvalue weighted by molar-refractivity contribution is 8.00. The maximum absolute atomic E-state index is 13.4. The molecule has 2 amide bonds. The molecule has 1 aromatic carbocycles. The van der Waals surface area contributed by atoms with Crippen LogP contribution in [0.2, 0.25) is 0 Å². The zero-order chi connectivity index (χ0) is 18.9. The number of amides is 2. The fourth-order valence-corrected chi connectivity index (χ4v) is 2.68. The van der Waals surface area contributed by atoms with Crippen molar-refractivity contribution < 1.29 is 23.2 Å². The molecule has 0 atom stereocenters. The van der Waals surface area contributed by atoms with Crippen molar-refractivity contribution in [3.05, 3.63) is 41.9 Å². The van der Waals surface area contributed by atoms with Gasteiger partial charge in [0.1, 0.15) is 12.4 Å². The normalized spacial score (nSPS) is 10.4. The van der Waals surface area contributed by atoms with E-state index in [1.165, 1.54) is 28.8 Å². The molecule has 9 heteroatoms. The fourth-order valence-electron chi connectivity index (χ4n) is 1.92. The Morgan fingerprint density at radius 3 is 2.81 bits per heavy atom. The van der Waals surface area contributed by atoms with Crippen LogP contribution in [0, 0.1) is 12.7 Å². The first-order valence-corrected chi connectivity index (χ1v) is 9.03. The van der Waals surface area contributed by atoms with Gasteiger partial charge in [0.05, 0.1) is 18.1 Å². The number of hydrogen-bond donors (Lipinski definition) is 1. The first-order chi connectivity index (χ1) is 12.5. The third kappa shape index (κ3) is 6.40. The average molecular weight is 381 g/mol. The molecule has 0 fully saturated rings. The topological polar surface area (TPSA) is 84.7 Å². The number of hydrogen-bond acceptors (Lipinski definition) is 6. The van der Waals surface area contributed by atoms with Gasteiger partial charge in [0, 0.05) is 13.1 Å². The van der Waals surface area contributed by atoms with Crippen LogP contribution < -0.4 is 10.1 Å². The van der Waals surface area contributed by atoms with Crippen LogP contribution in [0.5, 0.6) is 5.75 Å². The Morgan fingerprint density at radius 1 is 1.35 bits per heavy atom. The molecule has 0 spiro atoms. The lowest BCUT2D eigenvalue weighted by Crippen LogP contribution is -2.32. The molecule has 0 aliphatic rings. The van der Waals surface area contributed by atoms with E-state index in [4.69, 9.17) is 9.26 Å². The van der Waals surface area contributed by atoms with Gasteiger partial charge in [-0.05, 0) is 19.1 Å². The van der Waals surface area contributed by atoms with Gasteiger partial charge in [-0.3, -0.25) is 9.59 Å². The Bertz CT molecular complexity index is 753. The number of aromatic nitrogens is 1. The van der Waals surface area contributed by atoms with E-state index in [1.54, 1.807) is 32.2 Å². The highest BCUT2D eigenvalue weighted by Gasteiger charge is 2.12. The maximum atomic E-state index is 13.4. The Hall–Kier alpha value is -2.55. The number of para-hydroxylation sites is 1. The number of nitrogens with zero attached hydrogens (tertiary/aromatic N) is 2. The molecule has 0 aliphatic carbocycles. The number of likely N-dealkylation sites (N-methyl/N-ethyl adjacent to an activating group) is 1. The smallest absolute Gasteiger partial charge is 0.235 e. The van der Waals surface area contributed by atoms with Gasteiger partial charge < -0.3 is 19.5 Å². The number of thioether (sulfide) groups is 1. The number of anilines is 1. The number of halogens is 1. The van der Waals surface area contributed by atoms with Crippen LogP contribution >= 0.6 is 11.8 Å². The van der Waals surface area contributed by atoms with E-state index in [1.807, 2.05) is 0 Å². The van der Waals surface area contributed by atoms with E-state index in [0.29, 0.717) is 18.1 Å². The van der Waals surface area contributed by atoms with Gasteiger partial charge in [-0.15, -0.1) is 11.8 Å². The van der Waals surface area contributed by atoms with Gasteiger partial charge in [0.2, 0.25) is 11.8 Å². The second-order valence-corrected chi connectivity index (χ2v) is 6.44. The van der Waals surface area contributed by atoms with E-state index < -0.39 is 5.82 Å². The van der Waals surface area contributed by atoms with Gasteiger partial charge in [0.15, 0.2) is 17.4 Å². The summed E-state index contributed by atoms with van der Waals surface area (Å²) in [4.78, 5) is 25.2. The molecule has 0 aliphatic heterocycles.